The van der Waals surface area contributed by atoms with E-state index in [-0.39, 0.29) is 6.04 Å². The van der Waals surface area contributed by atoms with Crippen LogP contribution in [0.15, 0.2) is 0 Å². The second-order valence-electron chi connectivity index (χ2n) is 5.02. The lowest BCUT2D eigenvalue weighted by Crippen LogP contribution is -2.25. The summed E-state index contributed by atoms with van der Waals surface area (Å²) in [6, 6.07) is -0.349. The first-order valence-electron chi connectivity index (χ1n) is 6.19. The molecule has 2 rings (SSSR count). The Morgan fingerprint density at radius 2 is 1.42 bits per heavy atom. The van der Waals surface area contributed by atoms with Gasteiger partial charge in [0.15, 0.2) is 23.3 Å². The Bertz CT molecular complexity index is 455. The van der Waals surface area contributed by atoms with Gasteiger partial charge in [-0.1, -0.05) is 19.3 Å². The lowest BCUT2D eigenvalue weighted by atomic mass is 9.81. The normalized spacial score (nSPS) is 17.2. The zero-order valence-electron chi connectivity index (χ0n) is 10.4. The molecule has 1 unspecified atom stereocenters. The largest absolute Gasteiger partial charge is 0.378 e. The summed E-state index contributed by atoms with van der Waals surface area (Å²) in [5.41, 5.74) is -0.941. The quantitative estimate of drug-likeness (QED) is 0.490. The van der Waals surface area contributed by atoms with Gasteiger partial charge in [-0.15, -0.1) is 0 Å². The molecule has 1 aromatic carbocycles. The van der Waals surface area contributed by atoms with E-state index < -0.39 is 34.8 Å². The topological polar surface area (TPSA) is 12.0 Å². The summed E-state index contributed by atoms with van der Waals surface area (Å²) in [6.45, 7) is 1.66. The second-order valence-corrected chi connectivity index (χ2v) is 5.02. The van der Waals surface area contributed by atoms with E-state index in [4.69, 9.17) is 0 Å². The van der Waals surface area contributed by atoms with E-state index in [1.54, 1.807) is 6.92 Å². The molecule has 0 spiro atoms. The second kappa shape index (κ2) is 5.35. The van der Waals surface area contributed by atoms with Gasteiger partial charge in [-0.25, -0.2) is 22.0 Å². The Morgan fingerprint density at radius 3 is 1.84 bits per heavy atom. The average Bonchev–Trinajstić information content (AvgIpc) is 2.34. The molecule has 0 bridgehead atoms. The highest BCUT2D eigenvalue weighted by Gasteiger charge is 2.27. The van der Waals surface area contributed by atoms with Gasteiger partial charge in [-0.2, -0.15) is 0 Å². The minimum absolute atomic E-state index is 0.349. The summed E-state index contributed by atoms with van der Waals surface area (Å²) < 4.78 is 65.7. The number of halogens is 5. The van der Waals surface area contributed by atoms with Crippen molar-refractivity contribution in [1.29, 1.82) is 0 Å². The molecule has 1 aliphatic rings. The molecule has 1 saturated carbocycles. The van der Waals surface area contributed by atoms with Gasteiger partial charge < -0.3 is 5.32 Å². The van der Waals surface area contributed by atoms with Gasteiger partial charge in [0, 0.05) is 6.04 Å². The van der Waals surface area contributed by atoms with Crippen LogP contribution in [0.3, 0.4) is 0 Å². The molecule has 1 nitrogen and oxygen atoms in total. The van der Waals surface area contributed by atoms with E-state index in [1.807, 2.05) is 0 Å². The summed E-state index contributed by atoms with van der Waals surface area (Å²) in [4.78, 5) is 0. The minimum Gasteiger partial charge on any atom is -0.378 e. The highest BCUT2D eigenvalue weighted by atomic mass is 19.2. The Morgan fingerprint density at radius 1 is 0.947 bits per heavy atom. The van der Waals surface area contributed by atoms with Crippen molar-refractivity contribution in [1.82, 2.24) is 0 Å². The van der Waals surface area contributed by atoms with Crippen LogP contribution in [-0.2, 0) is 0 Å². The molecule has 0 aromatic heterocycles. The fraction of sp³-hybridized carbons (Fsp3) is 0.538. The van der Waals surface area contributed by atoms with Crippen molar-refractivity contribution >= 4 is 5.69 Å². The predicted molar refractivity (Wildman–Crippen MR) is 61.3 cm³/mol. The predicted octanol–water partition coefficient (Wildman–Crippen LogP) is 4.37. The maximum atomic E-state index is 13.4. The molecule has 0 saturated heterocycles. The Hall–Kier alpha value is -1.33. The number of nitrogens with one attached hydrogen (secondary N) is 1. The fourth-order valence-electron chi connectivity index (χ4n) is 2.27. The van der Waals surface area contributed by atoms with E-state index in [2.05, 4.69) is 5.32 Å². The van der Waals surface area contributed by atoms with Crippen LogP contribution in [0.4, 0.5) is 27.6 Å². The first-order chi connectivity index (χ1) is 8.91. The van der Waals surface area contributed by atoms with E-state index >= 15 is 0 Å². The van der Waals surface area contributed by atoms with Crippen molar-refractivity contribution in [2.75, 3.05) is 5.32 Å². The number of benzene rings is 1. The fourth-order valence-corrected chi connectivity index (χ4v) is 2.27. The van der Waals surface area contributed by atoms with Crippen LogP contribution in [0.2, 0.25) is 0 Å². The van der Waals surface area contributed by atoms with Crippen molar-refractivity contribution in [2.24, 2.45) is 5.92 Å². The molecule has 0 radical (unpaired) electrons. The maximum absolute atomic E-state index is 13.4. The maximum Gasteiger partial charge on any atom is 0.200 e. The lowest BCUT2D eigenvalue weighted by Gasteiger charge is -2.29. The van der Waals surface area contributed by atoms with Crippen molar-refractivity contribution < 1.29 is 22.0 Å². The van der Waals surface area contributed by atoms with E-state index in [1.165, 1.54) is 0 Å². The van der Waals surface area contributed by atoms with Crippen molar-refractivity contribution in [3.8, 4) is 0 Å². The molecule has 106 valence electrons. The highest BCUT2D eigenvalue weighted by Crippen LogP contribution is 2.32. The van der Waals surface area contributed by atoms with Crippen molar-refractivity contribution in [3.05, 3.63) is 29.1 Å². The molecule has 1 atom stereocenters. The van der Waals surface area contributed by atoms with Crippen LogP contribution < -0.4 is 5.32 Å². The third kappa shape index (κ3) is 2.67. The van der Waals surface area contributed by atoms with Crippen molar-refractivity contribution in [2.45, 2.75) is 38.6 Å². The molecule has 1 fully saturated rings. The van der Waals surface area contributed by atoms with Gasteiger partial charge in [0.2, 0.25) is 5.82 Å². The van der Waals surface area contributed by atoms with Crippen LogP contribution in [0.5, 0.6) is 0 Å². The van der Waals surface area contributed by atoms with Gasteiger partial charge in [-0.3, -0.25) is 0 Å². The van der Waals surface area contributed by atoms with Crippen LogP contribution in [0.25, 0.3) is 0 Å². The van der Waals surface area contributed by atoms with Gasteiger partial charge in [-0.05, 0) is 19.3 Å². The summed E-state index contributed by atoms with van der Waals surface area (Å²) in [7, 11) is 0. The molecule has 0 amide bonds. The van der Waals surface area contributed by atoms with Crippen LogP contribution in [-0.4, -0.2) is 6.04 Å². The summed E-state index contributed by atoms with van der Waals surface area (Å²) in [6.07, 6.45) is 3.87. The van der Waals surface area contributed by atoms with Gasteiger partial charge in [0.25, 0.3) is 0 Å². The number of hydrogen-bond acceptors (Lipinski definition) is 1. The molecule has 0 heterocycles. The first-order valence-corrected chi connectivity index (χ1v) is 6.19. The van der Waals surface area contributed by atoms with Gasteiger partial charge >= 0.3 is 0 Å². The van der Waals surface area contributed by atoms with E-state index in [0.29, 0.717) is 12.3 Å². The Balaban J connectivity index is 2.19. The highest BCUT2D eigenvalue weighted by molar-refractivity contribution is 5.48. The molecular weight excluding hydrogens is 265 g/mol. The zero-order chi connectivity index (χ0) is 14.2. The average molecular weight is 279 g/mol. The lowest BCUT2D eigenvalue weighted by molar-refractivity contribution is 0.285. The number of anilines is 1. The monoisotopic (exact) mass is 279 g/mol. The molecular formula is C13H14F5N. The van der Waals surface area contributed by atoms with Gasteiger partial charge in [0.1, 0.15) is 5.69 Å². The Labute approximate surface area is 107 Å². The summed E-state index contributed by atoms with van der Waals surface area (Å²) in [5, 5.41) is 2.39. The minimum atomic E-state index is -2.13. The molecule has 1 aliphatic carbocycles. The van der Waals surface area contributed by atoms with Crippen LogP contribution >= 0.6 is 0 Å². The molecule has 0 aliphatic heterocycles. The number of hydrogen-bond donors (Lipinski definition) is 1. The van der Waals surface area contributed by atoms with Crippen LogP contribution in [0, 0.1) is 35.0 Å². The standard InChI is InChI=1S/C13H14F5N/c1-6(5-7-3-2-4-7)19-13-11(17)9(15)8(14)10(16)12(13)18/h6-7,19H,2-5H2,1H3. The Kier molecular flexibility index (Phi) is 3.96. The summed E-state index contributed by atoms with van der Waals surface area (Å²) in [5.74, 6) is -9.13. The molecule has 6 heteroatoms. The third-order valence-electron chi connectivity index (χ3n) is 3.51. The summed E-state index contributed by atoms with van der Waals surface area (Å²) >= 11 is 0. The van der Waals surface area contributed by atoms with Crippen LogP contribution in [0.1, 0.15) is 32.6 Å². The molecule has 19 heavy (non-hydrogen) atoms. The van der Waals surface area contributed by atoms with Crippen molar-refractivity contribution in [3.63, 3.8) is 0 Å². The third-order valence-corrected chi connectivity index (χ3v) is 3.51. The first kappa shape index (κ1) is 14.1. The number of rotatable bonds is 4. The zero-order valence-corrected chi connectivity index (χ0v) is 10.4. The van der Waals surface area contributed by atoms with E-state index in [9.17, 15) is 22.0 Å². The smallest absolute Gasteiger partial charge is 0.200 e. The van der Waals surface area contributed by atoms with Gasteiger partial charge in [0.05, 0.1) is 0 Å². The SMILES string of the molecule is CC(CC1CCC1)Nc1c(F)c(F)c(F)c(F)c1F. The van der Waals surface area contributed by atoms with E-state index in [0.717, 1.165) is 19.3 Å². The molecule has 1 aromatic rings. The molecule has 1 N–H and O–H groups in total.